The van der Waals surface area contributed by atoms with Gasteiger partial charge in [0.15, 0.2) is 0 Å². The van der Waals surface area contributed by atoms with Gasteiger partial charge in [0.05, 0.1) is 16.3 Å². The molecule has 0 amide bonds. The van der Waals surface area contributed by atoms with Crippen molar-refractivity contribution in [3.63, 3.8) is 0 Å². The summed E-state index contributed by atoms with van der Waals surface area (Å²) >= 11 is 5.58. The Kier molecular flexibility index (Phi) is 3.64. The summed E-state index contributed by atoms with van der Waals surface area (Å²) in [7, 11) is 0. The van der Waals surface area contributed by atoms with Crippen LogP contribution in [0.2, 0.25) is 5.02 Å². The zero-order chi connectivity index (χ0) is 14.9. The van der Waals surface area contributed by atoms with Crippen molar-refractivity contribution >= 4 is 11.6 Å². The van der Waals surface area contributed by atoms with E-state index in [1.54, 1.807) is 6.07 Å². The number of halogens is 5. The molecule has 0 aliphatic carbocycles. The molecule has 0 saturated heterocycles. The first-order valence-corrected chi connectivity index (χ1v) is 5.64. The highest BCUT2D eigenvalue weighted by atomic mass is 35.5. The van der Waals surface area contributed by atoms with Gasteiger partial charge >= 0.3 is 6.18 Å². The molecule has 0 aliphatic heterocycles. The van der Waals surface area contributed by atoms with Crippen LogP contribution < -0.4 is 0 Å². The molecule has 20 heavy (non-hydrogen) atoms. The van der Waals surface area contributed by atoms with Gasteiger partial charge in [-0.3, -0.25) is 0 Å². The van der Waals surface area contributed by atoms with Crippen LogP contribution in [0.15, 0.2) is 30.3 Å². The van der Waals surface area contributed by atoms with Gasteiger partial charge in [-0.1, -0.05) is 11.6 Å². The summed E-state index contributed by atoms with van der Waals surface area (Å²) in [5.74, 6) is -0.707. The van der Waals surface area contributed by atoms with Crippen LogP contribution in [0.5, 0.6) is 0 Å². The number of rotatable bonds is 1. The molecule has 0 aliphatic rings. The molecule has 0 bridgehead atoms. The number of nitriles is 1. The van der Waals surface area contributed by atoms with Crippen LogP contribution in [0.4, 0.5) is 17.6 Å². The van der Waals surface area contributed by atoms with Gasteiger partial charge in [-0.15, -0.1) is 0 Å². The first-order chi connectivity index (χ1) is 9.32. The fourth-order valence-electron chi connectivity index (χ4n) is 1.57. The topological polar surface area (TPSA) is 36.7 Å². The van der Waals surface area contributed by atoms with Crippen LogP contribution in [0.25, 0.3) is 11.3 Å². The Morgan fingerprint density at radius 3 is 2.40 bits per heavy atom. The van der Waals surface area contributed by atoms with E-state index < -0.39 is 17.7 Å². The summed E-state index contributed by atoms with van der Waals surface area (Å²) in [6, 6.07) is 6.81. The van der Waals surface area contributed by atoms with Crippen molar-refractivity contribution in [1.82, 2.24) is 4.98 Å². The average molecular weight is 301 g/mol. The third-order valence-corrected chi connectivity index (χ3v) is 2.79. The fraction of sp³-hybridized carbons (Fsp3) is 0.0769. The van der Waals surface area contributed by atoms with E-state index in [1.807, 2.05) is 0 Å². The first kappa shape index (κ1) is 14.3. The lowest BCUT2D eigenvalue weighted by Gasteiger charge is -2.09. The fourth-order valence-corrected chi connectivity index (χ4v) is 1.75. The third kappa shape index (κ3) is 2.73. The summed E-state index contributed by atoms with van der Waals surface area (Å²) in [6.07, 6.45) is -4.63. The van der Waals surface area contributed by atoms with E-state index in [9.17, 15) is 17.6 Å². The quantitative estimate of drug-likeness (QED) is 0.730. The Hall–Kier alpha value is -2.13. The molecule has 0 radical (unpaired) electrons. The zero-order valence-corrected chi connectivity index (χ0v) is 10.4. The molecule has 1 aromatic carbocycles. The van der Waals surface area contributed by atoms with Crippen molar-refractivity contribution in [3.05, 3.63) is 52.4 Å². The maximum atomic E-state index is 13.1. The van der Waals surface area contributed by atoms with E-state index in [1.165, 1.54) is 6.07 Å². The number of alkyl halides is 3. The highest BCUT2D eigenvalue weighted by Gasteiger charge is 2.33. The van der Waals surface area contributed by atoms with Crippen molar-refractivity contribution in [2.75, 3.05) is 0 Å². The second-order valence-corrected chi connectivity index (χ2v) is 4.24. The second-order valence-electron chi connectivity index (χ2n) is 3.83. The Balaban J connectivity index is 2.65. The Labute approximate surface area is 116 Å². The molecule has 7 heteroatoms. The Bertz CT molecular complexity index is 704. The van der Waals surface area contributed by atoms with Crippen LogP contribution in [-0.4, -0.2) is 4.98 Å². The predicted octanol–water partition coefficient (Wildman–Crippen LogP) is 4.43. The van der Waals surface area contributed by atoms with Crippen molar-refractivity contribution in [1.29, 1.82) is 5.26 Å². The molecule has 2 aromatic rings. The van der Waals surface area contributed by atoms with E-state index >= 15 is 0 Å². The van der Waals surface area contributed by atoms with E-state index in [-0.39, 0.29) is 21.8 Å². The summed E-state index contributed by atoms with van der Waals surface area (Å²) in [5, 5.41) is 8.66. The second kappa shape index (κ2) is 5.10. The molecule has 0 N–H and O–H groups in total. The van der Waals surface area contributed by atoms with Crippen molar-refractivity contribution < 1.29 is 17.6 Å². The molecule has 0 saturated carbocycles. The van der Waals surface area contributed by atoms with Gasteiger partial charge in [0, 0.05) is 5.56 Å². The molecule has 0 unspecified atom stereocenters. The third-order valence-electron chi connectivity index (χ3n) is 2.50. The molecule has 2 nitrogen and oxygen atoms in total. The van der Waals surface area contributed by atoms with Gasteiger partial charge in [0.25, 0.3) is 0 Å². The predicted molar refractivity (Wildman–Crippen MR) is 64.4 cm³/mol. The van der Waals surface area contributed by atoms with Gasteiger partial charge in [-0.05, 0) is 30.3 Å². The zero-order valence-electron chi connectivity index (χ0n) is 9.67. The van der Waals surface area contributed by atoms with Gasteiger partial charge in [-0.25, -0.2) is 9.37 Å². The molecule has 1 aromatic heterocycles. The van der Waals surface area contributed by atoms with E-state index in [0.29, 0.717) is 6.07 Å². The highest BCUT2D eigenvalue weighted by molar-refractivity contribution is 6.31. The Morgan fingerprint density at radius 2 is 1.85 bits per heavy atom. The van der Waals surface area contributed by atoms with Crippen molar-refractivity contribution in [3.8, 4) is 17.3 Å². The van der Waals surface area contributed by atoms with Crippen LogP contribution in [-0.2, 0) is 6.18 Å². The van der Waals surface area contributed by atoms with Gasteiger partial charge < -0.3 is 0 Å². The molecule has 0 atom stereocenters. The van der Waals surface area contributed by atoms with Gasteiger partial charge in [-0.2, -0.15) is 18.4 Å². The molecular formula is C13H5ClF4N2. The van der Waals surface area contributed by atoms with Gasteiger partial charge in [0.2, 0.25) is 0 Å². The molecule has 1 heterocycles. The van der Waals surface area contributed by atoms with Crippen LogP contribution in [0.1, 0.15) is 11.3 Å². The highest BCUT2D eigenvalue weighted by Crippen LogP contribution is 2.32. The number of nitrogens with zero attached hydrogens (tertiary/aromatic N) is 2. The molecule has 102 valence electrons. The minimum Gasteiger partial charge on any atom is -0.242 e. The molecule has 0 spiro atoms. The maximum Gasteiger partial charge on any atom is 0.433 e. The molecule has 2 rings (SSSR count). The number of benzene rings is 1. The number of pyridine rings is 1. The smallest absolute Gasteiger partial charge is 0.242 e. The van der Waals surface area contributed by atoms with Crippen LogP contribution >= 0.6 is 11.6 Å². The summed E-state index contributed by atoms with van der Waals surface area (Å²) in [5.41, 5.74) is -1.24. The lowest BCUT2D eigenvalue weighted by atomic mass is 10.1. The Morgan fingerprint density at radius 1 is 1.15 bits per heavy atom. The van der Waals surface area contributed by atoms with E-state index in [4.69, 9.17) is 16.9 Å². The number of aromatic nitrogens is 1. The van der Waals surface area contributed by atoms with Crippen molar-refractivity contribution in [2.45, 2.75) is 6.18 Å². The number of hydrogen-bond donors (Lipinski definition) is 0. The monoisotopic (exact) mass is 300 g/mol. The van der Waals surface area contributed by atoms with Crippen LogP contribution in [0, 0.1) is 17.1 Å². The minimum absolute atomic E-state index is 0.0549. The standard InChI is InChI=1S/C13H5ClF4N2/c14-9-5-7(1-3-10(9)15)12-8(6-19)2-4-11(20-12)13(16,17)18/h1-5H. The van der Waals surface area contributed by atoms with Gasteiger partial charge in [0.1, 0.15) is 17.6 Å². The van der Waals surface area contributed by atoms with Crippen LogP contribution in [0.3, 0.4) is 0 Å². The summed E-state index contributed by atoms with van der Waals surface area (Å²) in [4.78, 5) is 3.43. The lowest BCUT2D eigenvalue weighted by molar-refractivity contribution is -0.141. The SMILES string of the molecule is N#Cc1ccc(C(F)(F)F)nc1-c1ccc(F)c(Cl)c1. The summed E-state index contributed by atoms with van der Waals surface area (Å²) < 4.78 is 51.0. The van der Waals surface area contributed by atoms with E-state index in [2.05, 4.69) is 4.98 Å². The lowest BCUT2D eigenvalue weighted by Crippen LogP contribution is -2.09. The molecule has 0 fully saturated rings. The maximum absolute atomic E-state index is 13.1. The normalized spacial score (nSPS) is 11.2. The first-order valence-electron chi connectivity index (χ1n) is 5.26. The largest absolute Gasteiger partial charge is 0.433 e. The minimum atomic E-state index is -4.63. The summed E-state index contributed by atoms with van der Waals surface area (Å²) in [6.45, 7) is 0. The number of hydrogen-bond acceptors (Lipinski definition) is 2. The van der Waals surface area contributed by atoms with Crippen molar-refractivity contribution in [2.24, 2.45) is 0 Å². The average Bonchev–Trinajstić information content (AvgIpc) is 2.40. The van der Waals surface area contributed by atoms with E-state index in [0.717, 1.165) is 18.2 Å². The molecular weight excluding hydrogens is 296 g/mol.